The average molecular weight is 253 g/mol. The highest BCUT2D eigenvalue weighted by Gasteiger charge is 2.37. The SMILES string of the molecule is O=C(O)N1CCCN(C2CN3CCC2CC3)CC1. The van der Waals surface area contributed by atoms with E-state index in [1.807, 2.05) is 0 Å². The summed E-state index contributed by atoms with van der Waals surface area (Å²) in [6.07, 6.45) is 2.90. The van der Waals surface area contributed by atoms with E-state index < -0.39 is 6.09 Å². The Labute approximate surface area is 108 Å². The molecule has 4 saturated heterocycles. The minimum absolute atomic E-state index is 0.679. The second kappa shape index (κ2) is 5.05. The molecule has 0 saturated carbocycles. The van der Waals surface area contributed by atoms with E-state index in [1.54, 1.807) is 4.90 Å². The molecule has 18 heavy (non-hydrogen) atoms. The summed E-state index contributed by atoms with van der Waals surface area (Å²) < 4.78 is 0. The fourth-order valence-electron chi connectivity index (χ4n) is 3.81. The van der Waals surface area contributed by atoms with Crippen molar-refractivity contribution in [1.82, 2.24) is 14.7 Å². The van der Waals surface area contributed by atoms with Gasteiger partial charge in [-0.1, -0.05) is 0 Å². The topological polar surface area (TPSA) is 47.0 Å². The fraction of sp³-hybridized carbons (Fsp3) is 0.923. The van der Waals surface area contributed by atoms with Crippen molar-refractivity contribution in [3.63, 3.8) is 0 Å². The highest BCUT2D eigenvalue weighted by atomic mass is 16.4. The summed E-state index contributed by atoms with van der Waals surface area (Å²) in [4.78, 5) is 17.7. The molecule has 1 unspecified atom stereocenters. The summed E-state index contributed by atoms with van der Waals surface area (Å²) in [6.45, 7) is 7.12. The van der Waals surface area contributed by atoms with Gasteiger partial charge in [-0.25, -0.2) is 4.79 Å². The van der Waals surface area contributed by atoms with E-state index in [0.717, 1.165) is 25.4 Å². The van der Waals surface area contributed by atoms with Crippen LogP contribution >= 0.6 is 0 Å². The minimum Gasteiger partial charge on any atom is -0.465 e. The standard InChI is InChI=1S/C13H23N3O2/c17-13(18)16-5-1-4-15(8-9-16)12-10-14-6-2-11(12)3-7-14/h11-12H,1-10H2,(H,17,18). The number of piperidine rings is 3. The van der Waals surface area contributed by atoms with Crippen molar-refractivity contribution in [2.24, 2.45) is 5.92 Å². The number of hydrogen-bond donors (Lipinski definition) is 1. The first-order chi connectivity index (χ1) is 8.74. The lowest BCUT2D eigenvalue weighted by Crippen LogP contribution is -2.57. The molecule has 4 fully saturated rings. The molecule has 0 aliphatic carbocycles. The van der Waals surface area contributed by atoms with E-state index in [0.29, 0.717) is 19.1 Å². The van der Waals surface area contributed by atoms with Crippen LogP contribution in [0.1, 0.15) is 19.3 Å². The largest absolute Gasteiger partial charge is 0.465 e. The third-order valence-corrected chi connectivity index (χ3v) is 4.89. The second-order valence-corrected chi connectivity index (χ2v) is 5.86. The Bertz CT molecular complexity index is 315. The summed E-state index contributed by atoms with van der Waals surface area (Å²) in [5, 5.41) is 9.06. The molecular formula is C13H23N3O2. The van der Waals surface area contributed by atoms with Gasteiger partial charge in [0.15, 0.2) is 0 Å². The third-order valence-electron chi connectivity index (χ3n) is 4.89. The molecule has 5 nitrogen and oxygen atoms in total. The lowest BCUT2D eigenvalue weighted by molar-refractivity contribution is 0.00712. The zero-order chi connectivity index (χ0) is 12.5. The quantitative estimate of drug-likeness (QED) is 0.750. The molecule has 1 atom stereocenters. The Morgan fingerprint density at radius 2 is 1.78 bits per heavy atom. The van der Waals surface area contributed by atoms with E-state index >= 15 is 0 Å². The average Bonchev–Trinajstić information content (AvgIpc) is 2.65. The van der Waals surface area contributed by atoms with Gasteiger partial charge in [0, 0.05) is 38.8 Å². The van der Waals surface area contributed by atoms with E-state index in [-0.39, 0.29) is 0 Å². The molecule has 1 N–H and O–H groups in total. The lowest BCUT2D eigenvalue weighted by Gasteiger charge is -2.49. The summed E-state index contributed by atoms with van der Waals surface area (Å²) in [7, 11) is 0. The summed E-state index contributed by atoms with van der Waals surface area (Å²) in [5.41, 5.74) is 0. The Morgan fingerprint density at radius 3 is 2.39 bits per heavy atom. The number of amides is 1. The molecule has 4 aliphatic rings. The molecule has 0 aromatic carbocycles. The van der Waals surface area contributed by atoms with E-state index in [1.165, 1.54) is 32.5 Å². The molecule has 4 rings (SSSR count). The first-order valence-electron chi connectivity index (χ1n) is 7.18. The maximum Gasteiger partial charge on any atom is 0.407 e. The molecule has 4 heterocycles. The van der Waals surface area contributed by atoms with Gasteiger partial charge in [-0.05, 0) is 38.3 Å². The molecule has 0 aromatic rings. The van der Waals surface area contributed by atoms with Gasteiger partial charge in [0.2, 0.25) is 0 Å². The minimum atomic E-state index is -0.759. The maximum absolute atomic E-state index is 11.0. The number of carboxylic acid groups (broad SMARTS) is 1. The third kappa shape index (κ3) is 2.34. The molecule has 2 bridgehead atoms. The Kier molecular flexibility index (Phi) is 3.43. The van der Waals surface area contributed by atoms with Crippen molar-refractivity contribution >= 4 is 6.09 Å². The van der Waals surface area contributed by atoms with Crippen LogP contribution in [0.5, 0.6) is 0 Å². The van der Waals surface area contributed by atoms with Crippen LogP contribution in [0, 0.1) is 5.92 Å². The van der Waals surface area contributed by atoms with Crippen LogP contribution in [-0.4, -0.2) is 77.8 Å². The molecular weight excluding hydrogens is 230 g/mol. The number of carbonyl (C=O) groups is 1. The van der Waals surface area contributed by atoms with Crippen LogP contribution in [0.3, 0.4) is 0 Å². The molecule has 0 radical (unpaired) electrons. The van der Waals surface area contributed by atoms with E-state index in [9.17, 15) is 4.79 Å². The van der Waals surface area contributed by atoms with Crippen LogP contribution in [0.15, 0.2) is 0 Å². The number of fused-ring (bicyclic) bond motifs is 3. The normalized spacial score (nSPS) is 37.6. The Morgan fingerprint density at radius 1 is 1.00 bits per heavy atom. The van der Waals surface area contributed by atoms with Crippen molar-refractivity contribution in [2.45, 2.75) is 25.3 Å². The number of hydrogen-bond acceptors (Lipinski definition) is 3. The van der Waals surface area contributed by atoms with Crippen LogP contribution in [0.4, 0.5) is 4.79 Å². The molecule has 102 valence electrons. The smallest absolute Gasteiger partial charge is 0.407 e. The Hall–Kier alpha value is -0.810. The molecule has 0 aromatic heterocycles. The monoisotopic (exact) mass is 253 g/mol. The van der Waals surface area contributed by atoms with Gasteiger partial charge in [0.25, 0.3) is 0 Å². The second-order valence-electron chi connectivity index (χ2n) is 5.86. The predicted molar refractivity (Wildman–Crippen MR) is 68.7 cm³/mol. The predicted octanol–water partition coefficient (Wildman–Crippen LogP) is 0.766. The molecule has 4 aliphatic heterocycles. The van der Waals surface area contributed by atoms with Gasteiger partial charge in [0.05, 0.1) is 0 Å². The van der Waals surface area contributed by atoms with Crippen molar-refractivity contribution in [1.29, 1.82) is 0 Å². The first-order valence-corrected chi connectivity index (χ1v) is 7.18. The van der Waals surface area contributed by atoms with Crippen molar-refractivity contribution < 1.29 is 9.90 Å². The highest BCUT2D eigenvalue weighted by Crippen LogP contribution is 2.31. The van der Waals surface area contributed by atoms with Gasteiger partial charge >= 0.3 is 6.09 Å². The summed E-state index contributed by atoms with van der Waals surface area (Å²) in [6, 6.07) is 0.682. The number of nitrogens with zero attached hydrogens (tertiary/aromatic N) is 3. The lowest BCUT2D eigenvalue weighted by atomic mass is 9.83. The van der Waals surface area contributed by atoms with Crippen LogP contribution in [-0.2, 0) is 0 Å². The molecule has 1 amide bonds. The van der Waals surface area contributed by atoms with Crippen LogP contribution in [0.25, 0.3) is 0 Å². The van der Waals surface area contributed by atoms with E-state index in [4.69, 9.17) is 5.11 Å². The summed E-state index contributed by atoms with van der Waals surface area (Å²) >= 11 is 0. The maximum atomic E-state index is 11.0. The first kappa shape index (κ1) is 12.2. The zero-order valence-corrected chi connectivity index (χ0v) is 10.9. The fourth-order valence-corrected chi connectivity index (χ4v) is 3.81. The van der Waals surface area contributed by atoms with Crippen LogP contribution < -0.4 is 0 Å². The number of rotatable bonds is 1. The van der Waals surface area contributed by atoms with Crippen molar-refractivity contribution in [3.05, 3.63) is 0 Å². The zero-order valence-electron chi connectivity index (χ0n) is 10.9. The van der Waals surface area contributed by atoms with Crippen molar-refractivity contribution in [2.75, 3.05) is 45.8 Å². The summed E-state index contributed by atoms with van der Waals surface area (Å²) in [5.74, 6) is 0.853. The highest BCUT2D eigenvalue weighted by molar-refractivity contribution is 5.64. The van der Waals surface area contributed by atoms with E-state index in [2.05, 4.69) is 9.80 Å². The van der Waals surface area contributed by atoms with Gasteiger partial charge in [-0.15, -0.1) is 0 Å². The van der Waals surface area contributed by atoms with Gasteiger partial charge < -0.3 is 14.9 Å². The van der Waals surface area contributed by atoms with Gasteiger partial charge in [-0.2, -0.15) is 0 Å². The molecule has 5 heteroatoms. The van der Waals surface area contributed by atoms with Gasteiger partial charge in [-0.3, -0.25) is 4.90 Å². The van der Waals surface area contributed by atoms with Crippen molar-refractivity contribution in [3.8, 4) is 0 Å². The molecule has 0 spiro atoms. The Balaban J connectivity index is 1.61. The van der Waals surface area contributed by atoms with Crippen LogP contribution in [0.2, 0.25) is 0 Å². The van der Waals surface area contributed by atoms with Gasteiger partial charge in [0.1, 0.15) is 0 Å².